The van der Waals surface area contributed by atoms with E-state index in [2.05, 4.69) is 15.0 Å². The minimum atomic E-state index is -0.261. The van der Waals surface area contributed by atoms with Crippen molar-refractivity contribution in [2.24, 2.45) is 0 Å². The molecule has 0 fully saturated rings. The number of rotatable bonds is 3. The predicted octanol–water partition coefficient (Wildman–Crippen LogP) is 2.94. The van der Waals surface area contributed by atoms with Crippen LogP contribution in [0.5, 0.6) is 5.75 Å². The number of hydrogen-bond donors (Lipinski definition) is 1. The number of ether oxygens (including phenoxy) is 1. The number of fused-ring (bicyclic) bond motifs is 3. The number of hydrogen-bond acceptors (Lipinski definition) is 4. The molecule has 6 heteroatoms. The van der Waals surface area contributed by atoms with Crippen molar-refractivity contribution in [2.75, 3.05) is 6.61 Å². The molecule has 1 aromatic carbocycles. The first-order valence-electron chi connectivity index (χ1n) is 7.78. The van der Waals surface area contributed by atoms with Gasteiger partial charge in [-0.15, -0.1) is 0 Å². The fraction of sp³-hybridized carbons (Fsp3) is 0.167. The molecule has 0 bridgehead atoms. The van der Waals surface area contributed by atoms with E-state index in [1.807, 2.05) is 60.8 Å². The Bertz CT molecular complexity index is 1110. The predicted molar refractivity (Wildman–Crippen MR) is 92.5 cm³/mol. The highest BCUT2D eigenvalue weighted by atomic mass is 16.5. The van der Waals surface area contributed by atoms with Crippen LogP contribution in [-0.4, -0.2) is 26.0 Å². The molecule has 0 atom stereocenters. The van der Waals surface area contributed by atoms with Crippen LogP contribution in [0.1, 0.15) is 12.5 Å². The minimum Gasteiger partial charge on any atom is -0.493 e. The first-order chi connectivity index (χ1) is 11.7. The summed E-state index contributed by atoms with van der Waals surface area (Å²) in [4.78, 5) is 24.3. The van der Waals surface area contributed by atoms with Crippen LogP contribution in [0.4, 0.5) is 0 Å². The van der Waals surface area contributed by atoms with Gasteiger partial charge < -0.3 is 9.72 Å². The highest BCUT2D eigenvalue weighted by Crippen LogP contribution is 2.27. The number of nitrogens with zero attached hydrogens (tertiary/aromatic N) is 3. The number of aromatic amines is 1. The lowest BCUT2D eigenvalue weighted by atomic mass is 10.2. The quantitative estimate of drug-likeness (QED) is 0.630. The first kappa shape index (κ1) is 14.4. The Morgan fingerprint density at radius 1 is 1.21 bits per heavy atom. The smallest absolute Gasteiger partial charge is 0.279 e. The van der Waals surface area contributed by atoms with E-state index in [1.54, 1.807) is 0 Å². The summed E-state index contributed by atoms with van der Waals surface area (Å²) in [5.74, 6) is 1.16. The lowest BCUT2D eigenvalue weighted by Crippen LogP contribution is -2.10. The van der Waals surface area contributed by atoms with Crippen LogP contribution < -0.4 is 10.3 Å². The van der Waals surface area contributed by atoms with Crippen molar-refractivity contribution >= 4 is 16.8 Å². The number of para-hydroxylation sites is 1. The van der Waals surface area contributed by atoms with Gasteiger partial charge in [0.05, 0.1) is 12.2 Å². The molecule has 4 aromatic rings. The van der Waals surface area contributed by atoms with E-state index in [-0.39, 0.29) is 5.56 Å². The summed E-state index contributed by atoms with van der Waals surface area (Å²) in [5, 5.41) is 0. The van der Waals surface area contributed by atoms with Gasteiger partial charge in [-0.1, -0.05) is 12.1 Å². The molecule has 0 amide bonds. The summed E-state index contributed by atoms with van der Waals surface area (Å²) in [6.45, 7) is 4.45. The fourth-order valence-electron chi connectivity index (χ4n) is 2.76. The van der Waals surface area contributed by atoms with Gasteiger partial charge >= 0.3 is 0 Å². The average Bonchev–Trinajstić information content (AvgIpc) is 2.94. The number of aromatic nitrogens is 4. The number of imidazole rings is 1. The highest BCUT2D eigenvalue weighted by Gasteiger charge is 2.14. The van der Waals surface area contributed by atoms with Crippen LogP contribution >= 0.6 is 0 Å². The van der Waals surface area contributed by atoms with E-state index in [0.717, 1.165) is 11.1 Å². The van der Waals surface area contributed by atoms with Gasteiger partial charge in [0, 0.05) is 6.20 Å². The number of pyridine rings is 1. The Morgan fingerprint density at radius 2 is 2.04 bits per heavy atom. The summed E-state index contributed by atoms with van der Waals surface area (Å²) < 4.78 is 7.47. The van der Waals surface area contributed by atoms with Crippen molar-refractivity contribution in [3.8, 4) is 17.1 Å². The molecule has 0 saturated carbocycles. The van der Waals surface area contributed by atoms with Crippen molar-refractivity contribution in [1.82, 2.24) is 19.4 Å². The van der Waals surface area contributed by atoms with Gasteiger partial charge in [-0.25, -0.2) is 9.97 Å². The van der Waals surface area contributed by atoms with Crippen LogP contribution in [0.15, 0.2) is 47.4 Å². The third-order valence-electron chi connectivity index (χ3n) is 3.86. The van der Waals surface area contributed by atoms with Gasteiger partial charge in [0.15, 0.2) is 11.2 Å². The summed E-state index contributed by atoms with van der Waals surface area (Å²) in [5.41, 5.74) is 3.14. The van der Waals surface area contributed by atoms with Crippen molar-refractivity contribution < 1.29 is 4.74 Å². The third-order valence-corrected chi connectivity index (χ3v) is 3.86. The maximum atomic E-state index is 12.5. The Balaban J connectivity index is 2.01. The maximum Gasteiger partial charge on any atom is 0.279 e. The molecule has 24 heavy (non-hydrogen) atoms. The second-order valence-electron chi connectivity index (χ2n) is 5.56. The molecule has 0 aliphatic heterocycles. The average molecular weight is 320 g/mol. The van der Waals surface area contributed by atoms with E-state index in [1.165, 1.54) is 0 Å². The zero-order valence-corrected chi connectivity index (χ0v) is 13.4. The molecular formula is C18H16N4O2. The van der Waals surface area contributed by atoms with E-state index in [4.69, 9.17) is 4.74 Å². The zero-order valence-electron chi connectivity index (χ0n) is 13.4. The van der Waals surface area contributed by atoms with E-state index in [9.17, 15) is 4.79 Å². The standard InChI is InChI=1S/C18H16N4O2/c1-3-24-13-7-5-4-6-12(13)16-20-17-15(18(23)21-16)19-14-10-11(2)8-9-22(14)17/h4-10H,3H2,1-2H3,(H,20,21,23). The Morgan fingerprint density at radius 3 is 2.88 bits per heavy atom. The molecule has 4 rings (SSSR count). The topological polar surface area (TPSA) is 72.3 Å². The molecule has 0 aliphatic carbocycles. The normalized spacial score (nSPS) is 11.2. The van der Waals surface area contributed by atoms with Crippen LogP contribution in [-0.2, 0) is 0 Å². The monoisotopic (exact) mass is 320 g/mol. The molecule has 6 nitrogen and oxygen atoms in total. The number of aryl methyl sites for hydroxylation is 1. The third kappa shape index (κ3) is 2.23. The van der Waals surface area contributed by atoms with Crippen molar-refractivity contribution in [3.05, 3.63) is 58.5 Å². The summed E-state index contributed by atoms with van der Waals surface area (Å²) in [7, 11) is 0. The Kier molecular flexibility index (Phi) is 3.30. The number of benzene rings is 1. The second kappa shape index (κ2) is 5.49. The first-order valence-corrected chi connectivity index (χ1v) is 7.78. The molecule has 0 saturated heterocycles. The van der Waals surface area contributed by atoms with Gasteiger partial charge in [-0.2, -0.15) is 0 Å². The number of H-pyrrole nitrogens is 1. The van der Waals surface area contributed by atoms with Gasteiger partial charge in [0.1, 0.15) is 17.2 Å². The van der Waals surface area contributed by atoms with Crippen LogP contribution in [0.25, 0.3) is 28.2 Å². The molecular weight excluding hydrogens is 304 g/mol. The van der Waals surface area contributed by atoms with Crippen molar-refractivity contribution in [3.63, 3.8) is 0 Å². The van der Waals surface area contributed by atoms with Crippen LogP contribution in [0.2, 0.25) is 0 Å². The van der Waals surface area contributed by atoms with Gasteiger partial charge in [-0.05, 0) is 43.7 Å². The summed E-state index contributed by atoms with van der Waals surface area (Å²) in [6.07, 6.45) is 1.88. The van der Waals surface area contributed by atoms with Gasteiger partial charge in [-0.3, -0.25) is 9.20 Å². The van der Waals surface area contributed by atoms with Gasteiger partial charge in [0.2, 0.25) is 0 Å². The molecule has 3 aromatic heterocycles. The van der Waals surface area contributed by atoms with E-state index >= 15 is 0 Å². The lowest BCUT2D eigenvalue weighted by molar-refractivity contribution is 0.341. The molecule has 120 valence electrons. The molecule has 0 unspecified atom stereocenters. The largest absolute Gasteiger partial charge is 0.493 e. The second-order valence-corrected chi connectivity index (χ2v) is 5.56. The van der Waals surface area contributed by atoms with E-state index < -0.39 is 0 Å². The summed E-state index contributed by atoms with van der Waals surface area (Å²) >= 11 is 0. The van der Waals surface area contributed by atoms with Crippen molar-refractivity contribution in [2.45, 2.75) is 13.8 Å². The highest BCUT2D eigenvalue weighted by molar-refractivity contribution is 5.78. The molecule has 0 spiro atoms. The summed E-state index contributed by atoms with van der Waals surface area (Å²) in [6, 6.07) is 11.4. The Hall–Kier alpha value is -3.15. The van der Waals surface area contributed by atoms with Crippen molar-refractivity contribution in [1.29, 1.82) is 0 Å². The minimum absolute atomic E-state index is 0.261. The Labute approximate surface area is 137 Å². The molecule has 3 heterocycles. The maximum absolute atomic E-state index is 12.5. The number of nitrogens with one attached hydrogen (secondary N) is 1. The van der Waals surface area contributed by atoms with Gasteiger partial charge in [0.25, 0.3) is 5.56 Å². The fourth-order valence-corrected chi connectivity index (χ4v) is 2.76. The van der Waals surface area contributed by atoms with Crippen LogP contribution in [0, 0.1) is 6.92 Å². The van der Waals surface area contributed by atoms with Crippen LogP contribution in [0.3, 0.4) is 0 Å². The van der Waals surface area contributed by atoms with E-state index in [0.29, 0.717) is 35.0 Å². The molecule has 1 N–H and O–H groups in total. The SMILES string of the molecule is CCOc1ccccc1-c1nc2c(nc3cc(C)ccn32)c(=O)[nH]1. The lowest BCUT2D eigenvalue weighted by Gasteiger charge is -2.09. The molecule has 0 radical (unpaired) electrons. The zero-order chi connectivity index (χ0) is 16.7. The molecule has 0 aliphatic rings.